The number of halogens is 1. The van der Waals surface area contributed by atoms with Crippen molar-refractivity contribution in [2.45, 2.75) is 13.8 Å². The Hall–Kier alpha value is -0.510. The van der Waals surface area contributed by atoms with Gasteiger partial charge in [-0.2, -0.15) is 0 Å². The summed E-state index contributed by atoms with van der Waals surface area (Å²) in [7, 11) is 0. The van der Waals surface area contributed by atoms with Crippen LogP contribution in [0.4, 0.5) is 0 Å². The molecule has 0 unspecified atom stereocenters. The molecule has 1 heterocycles. The van der Waals surface area contributed by atoms with Crippen LogP contribution in [0.2, 0.25) is 0 Å². The van der Waals surface area contributed by atoms with Gasteiger partial charge in [-0.15, -0.1) is 0 Å². The lowest BCUT2D eigenvalue weighted by Crippen LogP contribution is -1.84. The fourth-order valence-electron chi connectivity index (χ4n) is 1.51. The third kappa shape index (κ3) is 1.05. The van der Waals surface area contributed by atoms with E-state index in [4.69, 9.17) is 0 Å². The number of aryl methyl sites for hydroxylation is 2. The molecule has 12 heavy (non-hydrogen) atoms. The lowest BCUT2D eigenvalue weighted by molar-refractivity contribution is 1.38. The van der Waals surface area contributed by atoms with Crippen LogP contribution in [-0.4, -0.2) is 4.98 Å². The van der Waals surface area contributed by atoms with Gasteiger partial charge < -0.3 is 4.98 Å². The maximum absolute atomic E-state index is 3.25. The monoisotopic (exact) mass is 271 g/mol. The van der Waals surface area contributed by atoms with E-state index in [0.29, 0.717) is 0 Å². The van der Waals surface area contributed by atoms with Gasteiger partial charge in [-0.3, -0.25) is 0 Å². The Balaban J connectivity index is 2.97. The predicted molar refractivity (Wildman–Crippen MR) is 60.5 cm³/mol. The van der Waals surface area contributed by atoms with Gasteiger partial charge in [0, 0.05) is 20.7 Å². The Morgan fingerprint density at radius 2 is 2.08 bits per heavy atom. The number of aromatic amines is 1. The van der Waals surface area contributed by atoms with E-state index < -0.39 is 0 Å². The average molecular weight is 271 g/mol. The molecule has 1 N–H and O–H groups in total. The molecule has 0 saturated carbocycles. The van der Waals surface area contributed by atoms with E-state index in [0.717, 1.165) is 0 Å². The zero-order chi connectivity index (χ0) is 8.72. The fourth-order valence-corrected chi connectivity index (χ4v) is 2.26. The summed E-state index contributed by atoms with van der Waals surface area (Å²) in [6.07, 6.45) is 2.00. The number of hydrogen-bond donors (Lipinski definition) is 1. The number of rotatable bonds is 0. The second kappa shape index (κ2) is 2.76. The molecular formula is C10H10IN. The van der Waals surface area contributed by atoms with Crippen molar-refractivity contribution in [3.05, 3.63) is 33.0 Å². The van der Waals surface area contributed by atoms with Crippen LogP contribution in [0, 0.1) is 17.4 Å². The molecule has 0 bridgehead atoms. The van der Waals surface area contributed by atoms with Crippen LogP contribution in [0.3, 0.4) is 0 Å². The van der Waals surface area contributed by atoms with Crippen LogP contribution in [-0.2, 0) is 0 Å². The lowest BCUT2D eigenvalue weighted by atomic mass is 10.1. The summed E-state index contributed by atoms with van der Waals surface area (Å²) in [5, 5.41) is 1.35. The summed E-state index contributed by atoms with van der Waals surface area (Å²) in [6.45, 7) is 4.30. The van der Waals surface area contributed by atoms with Crippen LogP contribution in [0.15, 0.2) is 18.3 Å². The van der Waals surface area contributed by atoms with Gasteiger partial charge in [0.1, 0.15) is 0 Å². The van der Waals surface area contributed by atoms with Crippen molar-refractivity contribution in [1.82, 2.24) is 4.98 Å². The van der Waals surface area contributed by atoms with Gasteiger partial charge >= 0.3 is 0 Å². The zero-order valence-corrected chi connectivity index (χ0v) is 9.27. The first-order chi connectivity index (χ1) is 5.70. The molecule has 1 aromatic heterocycles. The first kappa shape index (κ1) is 8.10. The molecule has 0 radical (unpaired) electrons. The summed E-state index contributed by atoms with van der Waals surface area (Å²) in [6, 6.07) is 4.36. The highest BCUT2D eigenvalue weighted by atomic mass is 127. The van der Waals surface area contributed by atoms with Gasteiger partial charge in [-0.25, -0.2) is 0 Å². The average Bonchev–Trinajstić information content (AvgIpc) is 2.48. The highest BCUT2D eigenvalue weighted by molar-refractivity contribution is 14.1. The third-order valence-electron chi connectivity index (χ3n) is 2.25. The minimum atomic E-state index is 1.27. The smallest absolute Gasteiger partial charge is 0.0487 e. The topological polar surface area (TPSA) is 15.8 Å². The van der Waals surface area contributed by atoms with E-state index in [1.807, 2.05) is 6.20 Å². The predicted octanol–water partition coefficient (Wildman–Crippen LogP) is 3.39. The highest BCUT2D eigenvalue weighted by Crippen LogP contribution is 2.25. The number of aromatic nitrogens is 1. The van der Waals surface area contributed by atoms with Crippen LogP contribution < -0.4 is 0 Å². The molecule has 2 aromatic rings. The Labute approximate surface area is 85.3 Å². The molecule has 0 atom stereocenters. The van der Waals surface area contributed by atoms with Gasteiger partial charge in [0.05, 0.1) is 0 Å². The van der Waals surface area contributed by atoms with E-state index >= 15 is 0 Å². The molecule has 1 aromatic carbocycles. The second-order valence-corrected chi connectivity index (χ2v) is 4.23. The summed E-state index contributed by atoms with van der Waals surface area (Å²) >= 11 is 2.38. The molecule has 0 aliphatic rings. The normalized spacial score (nSPS) is 10.9. The van der Waals surface area contributed by atoms with Crippen molar-refractivity contribution in [3.8, 4) is 0 Å². The van der Waals surface area contributed by atoms with Crippen LogP contribution >= 0.6 is 22.6 Å². The summed E-state index contributed by atoms with van der Waals surface area (Å²) < 4.78 is 1.34. The molecule has 2 heteroatoms. The van der Waals surface area contributed by atoms with E-state index in [-0.39, 0.29) is 0 Å². The first-order valence-electron chi connectivity index (χ1n) is 3.93. The zero-order valence-electron chi connectivity index (χ0n) is 7.11. The van der Waals surface area contributed by atoms with Gasteiger partial charge in [0.2, 0.25) is 0 Å². The van der Waals surface area contributed by atoms with Crippen molar-refractivity contribution in [2.75, 3.05) is 0 Å². The molecule has 62 valence electrons. The molecular weight excluding hydrogens is 261 g/mol. The molecule has 0 saturated heterocycles. The number of hydrogen-bond acceptors (Lipinski definition) is 0. The summed E-state index contributed by atoms with van der Waals surface area (Å²) in [4.78, 5) is 3.25. The highest BCUT2D eigenvalue weighted by Gasteiger charge is 2.04. The minimum Gasteiger partial charge on any atom is -0.361 e. The van der Waals surface area contributed by atoms with Crippen molar-refractivity contribution in [2.24, 2.45) is 0 Å². The number of nitrogens with one attached hydrogen (secondary N) is 1. The second-order valence-electron chi connectivity index (χ2n) is 3.07. The molecule has 0 aliphatic carbocycles. The quantitative estimate of drug-likeness (QED) is 0.707. The molecule has 0 spiro atoms. The Kier molecular flexibility index (Phi) is 1.87. The van der Waals surface area contributed by atoms with E-state index in [9.17, 15) is 0 Å². The van der Waals surface area contributed by atoms with E-state index in [1.54, 1.807) is 0 Å². The molecule has 0 aliphatic heterocycles. The standard InChI is InChI=1S/C10H10IN/c1-6-5-9(11)7(2)8-3-4-12-10(6)8/h3-5,12H,1-2H3. The Morgan fingerprint density at radius 3 is 2.83 bits per heavy atom. The maximum Gasteiger partial charge on any atom is 0.0487 e. The largest absolute Gasteiger partial charge is 0.361 e. The van der Waals surface area contributed by atoms with E-state index in [2.05, 4.69) is 53.6 Å². The number of H-pyrrole nitrogens is 1. The van der Waals surface area contributed by atoms with Gasteiger partial charge in [0.15, 0.2) is 0 Å². The van der Waals surface area contributed by atoms with E-state index in [1.165, 1.54) is 25.6 Å². The SMILES string of the molecule is Cc1c(I)cc(C)c2[nH]ccc12. The van der Waals surface area contributed by atoms with Crippen LogP contribution in [0.5, 0.6) is 0 Å². The lowest BCUT2D eigenvalue weighted by Gasteiger charge is -2.02. The maximum atomic E-state index is 3.25. The molecule has 1 nitrogen and oxygen atoms in total. The minimum absolute atomic E-state index is 1.27. The van der Waals surface area contributed by atoms with Crippen molar-refractivity contribution >= 4 is 33.5 Å². The van der Waals surface area contributed by atoms with Crippen LogP contribution in [0.1, 0.15) is 11.1 Å². The van der Waals surface area contributed by atoms with Gasteiger partial charge in [0.25, 0.3) is 0 Å². The Morgan fingerprint density at radius 1 is 1.33 bits per heavy atom. The first-order valence-corrected chi connectivity index (χ1v) is 5.01. The Bertz CT molecular complexity index is 429. The molecule has 0 fully saturated rings. The van der Waals surface area contributed by atoms with Crippen LogP contribution in [0.25, 0.3) is 10.9 Å². The molecule has 0 amide bonds. The summed E-state index contributed by atoms with van der Waals surface area (Å²) in [5.41, 5.74) is 3.97. The van der Waals surface area contributed by atoms with Gasteiger partial charge in [-0.05, 0) is 59.7 Å². The van der Waals surface area contributed by atoms with Crippen molar-refractivity contribution in [1.29, 1.82) is 0 Å². The van der Waals surface area contributed by atoms with Crippen molar-refractivity contribution in [3.63, 3.8) is 0 Å². The molecule has 2 rings (SSSR count). The van der Waals surface area contributed by atoms with Crippen molar-refractivity contribution < 1.29 is 0 Å². The summed E-state index contributed by atoms with van der Waals surface area (Å²) in [5.74, 6) is 0. The number of benzene rings is 1. The number of fused-ring (bicyclic) bond motifs is 1. The van der Waals surface area contributed by atoms with Gasteiger partial charge in [-0.1, -0.05) is 0 Å². The fraction of sp³-hybridized carbons (Fsp3) is 0.200. The third-order valence-corrected chi connectivity index (χ3v) is 3.37.